The first-order valence-corrected chi connectivity index (χ1v) is 11.2. The normalized spacial score (nSPS) is 16.3. The molecule has 1 fully saturated rings. The highest BCUT2D eigenvalue weighted by Crippen LogP contribution is 2.30. The number of nitrogens with zero attached hydrogens (tertiary/aromatic N) is 6. The number of ether oxygens (including phenoxy) is 1. The Hall–Kier alpha value is -3.48. The number of halogens is 3. The van der Waals surface area contributed by atoms with Crippen molar-refractivity contribution < 1.29 is 27.8 Å². The number of alkyl halides is 3. The Morgan fingerprint density at radius 2 is 2.11 bits per heavy atom. The van der Waals surface area contributed by atoms with Crippen LogP contribution in [0.1, 0.15) is 24.6 Å². The minimum Gasteiger partial charge on any atom is -0.481 e. The second kappa shape index (κ2) is 10.0. The van der Waals surface area contributed by atoms with Crippen LogP contribution in [-0.4, -0.2) is 68.3 Å². The molecule has 1 atom stereocenters. The second-order valence-corrected chi connectivity index (χ2v) is 8.38. The number of hydrogen-bond donors (Lipinski definition) is 2. The van der Waals surface area contributed by atoms with Crippen LogP contribution >= 0.6 is 0 Å². The molecule has 0 amide bonds. The van der Waals surface area contributed by atoms with E-state index in [1.165, 1.54) is 4.68 Å². The zero-order valence-corrected chi connectivity index (χ0v) is 19.3. The minimum atomic E-state index is -4.41. The van der Waals surface area contributed by atoms with E-state index in [0.29, 0.717) is 53.7 Å². The predicted octanol–water partition coefficient (Wildman–Crippen LogP) is 3.33. The van der Waals surface area contributed by atoms with Gasteiger partial charge in [-0.25, -0.2) is 9.97 Å². The van der Waals surface area contributed by atoms with Gasteiger partial charge in [0.2, 0.25) is 5.95 Å². The SMILES string of the molecule is CCc1nn(CCOCC(F)(F)F)c2c(Nc3ccc(C)cn3)nc(N3CC[C@@H](C(=O)O)C3)nc12. The fraction of sp³-hybridized carbons (Fsp3) is 0.500. The molecular formula is C22H26F3N7O3. The van der Waals surface area contributed by atoms with Gasteiger partial charge in [-0.3, -0.25) is 9.48 Å². The fourth-order valence-corrected chi connectivity index (χ4v) is 3.91. The number of anilines is 3. The zero-order chi connectivity index (χ0) is 25.2. The summed E-state index contributed by atoms with van der Waals surface area (Å²) in [6.45, 7) is 3.11. The third kappa shape index (κ3) is 5.78. The van der Waals surface area contributed by atoms with Crippen molar-refractivity contribution in [2.24, 2.45) is 5.92 Å². The number of pyridine rings is 1. The lowest BCUT2D eigenvalue weighted by Gasteiger charge is -2.18. The van der Waals surface area contributed by atoms with Crippen LogP contribution in [0.2, 0.25) is 0 Å². The number of nitrogens with one attached hydrogen (secondary N) is 1. The Kier molecular flexibility index (Phi) is 7.05. The molecule has 3 aromatic heterocycles. The number of aliphatic carboxylic acids is 1. The average molecular weight is 493 g/mol. The van der Waals surface area contributed by atoms with Crippen LogP contribution in [0.25, 0.3) is 11.0 Å². The van der Waals surface area contributed by atoms with Crippen molar-refractivity contribution in [1.29, 1.82) is 0 Å². The van der Waals surface area contributed by atoms with Gasteiger partial charge in [0, 0.05) is 19.3 Å². The third-order valence-electron chi connectivity index (χ3n) is 5.67. The molecule has 188 valence electrons. The van der Waals surface area contributed by atoms with Crippen molar-refractivity contribution in [3.63, 3.8) is 0 Å². The van der Waals surface area contributed by atoms with E-state index in [0.717, 1.165) is 5.56 Å². The number of hydrogen-bond acceptors (Lipinski definition) is 8. The van der Waals surface area contributed by atoms with Crippen molar-refractivity contribution >= 4 is 34.6 Å². The molecule has 1 saturated heterocycles. The highest BCUT2D eigenvalue weighted by molar-refractivity contribution is 5.90. The van der Waals surface area contributed by atoms with Gasteiger partial charge in [-0.2, -0.15) is 23.3 Å². The van der Waals surface area contributed by atoms with Crippen LogP contribution < -0.4 is 10.2 Å². The molecule has 0 saturated carbocycles. The van der Waals surface area contributed by atoms with Gasteiger partial charge in [0.25, 0.3) is 0 Å². The molecule has 0 spiro atoms. The molecule has 0 aromatic carbocycles. The fourth-order valence-electron chi connectivity index (χ4n) is 3.91. The summed E-state index contributed by atoms with van der Waals surface area (Å²) in [6.07, 6.45) is -1.70. The van der Waals surface area contributed by atoms with Gasteiger partial charge in [-0.1, -0.05) is 13.0 Å². The minimum absolute atomic E-state index is 0.0656. The van der Waals surface area contributed by atoms with Crippen LogP contribution in [0, 0.1) is 12.8 Å². The van der Waals surface area contributed by atoms with Gasteiger partial charge in [0.15, 0.2) is 5.82 Å². The maximum atomic E-state index is 12.5. The van der Waals surface area contributed by atoms with Crippen LogP contribution in [0.3, 0.4) is 0 Å². The first-order valence-electron chi connectivity index (χ1n) is 11.2. The van der Waals surface area contributed by atoms with Crippen LogP contribution in [0.4, 0.5) is 30.8 Å². The lowest BCUT2D eigenvalue weighted by molar-refractivity contribution is -0.174. The molecule has 10 nitrogen and oxygen atoms in total. The van der Waals surface area contributed by atoms with E-state index >= 15 is 0 Å². The lowest BCUT2D eigenvalue weighted by atomic mass is 10.1. The monoisotopic (exact) mass is 493 g/mol. The van der Waals surface area contributed by atoms with E-state index in [1.54, 1.807) is 12.3 Å². The largest absolute Gasteiger partial charge is 0.481 e. The number of fused-ring (bicyclic) bond motifs is 1. The smallest absolute Gasteiger partial charge is 0.411 e. The van der Waals surface area contributed by atoms with Crippen LogP contribution in [0.5, 0.6) is 0 Å². The van der Waals surface area contributed by atoms with Gasteiger partial charge in [-0.15, -0.1) is 0 Å². The summed E-state index contributed by atoms with van der Waals surface area (Å²) in [6, 6.07) is 3.67. The standard InChI is InChI=1S/C22H26F3N7O3/c1-3-15-17-18(32(30-15)8-9-35-12-22(23,24)25)19(27-16-5-4-13(2)10-26-16)29-21(28-17)31-7-6-14(11-31)20(33)34/h4-5,10,14H,3,6-9,11-12H2,1-2H3,(H,33,34)(H,26,27,28,29)/t14-/m1/s1. The highest BCUT2D eigenvalue weighted by Gasteiger charge is 2.31. The van der Waals surface area contributed by atoms with E-state index in [2.05, 4.69) is 25.4 Å². The molecule has 4 rings (SSSR count). The van der Waals surface area contributed by atoms with E-state index in [-0.39, 0.29) is 19.7 Å². The van der Waals surface area contributed by atoms with E-state index < -0.39 is 24.7 Å². The topological polar surface area (TPSA) is 118 Å². The summed E-state index contributed by atoms with van der Waals surface area (Å²) in [5.74, 6) is -0.118. The van der Waals surface area contributed by atoms with Gasteiger partial charge in [0.05, 0.1) is 24.8 Å². The molecule has 4 heterocycles. The summed E-state index contributed by atoms with van der Waals surface area (Å²) in [5.41, 5.74) is 2.67. The Morgan fingerprint density at radius 3 is 2.74 bits per heavy atom. The summed E-state index contributed by atoms with van der Waals surface area (Å²) in [4.78, 5) is 27.0. The van der Waals surface area contributed by atoms with Gasteiger partial charge < -0.3 is 20.1 Å². The van der Waals surface area contributed by atoms with Crippen molar-refractivity contribution in [1.82, 2.24) is 24.7 Å². The highest BCUT2D eigenvalue weighted by atomic mass is 19.4. The number of aryl methyl sites for hydroxylation is 2. The number of rotatable bonds is 9. The number of aromatic nitrogens is 5. The van der Waals surface area contributed by atoms with Crippen LogP contribution in [0.15, 0.2) is 18.3 Å². The van der Waals surface area contributed by atoms with Gasteiger partial charge in [0.1, 0.15) is 23.5 Å². The van der Waals surface area contributed by atoms with Crippen molar-refractivity contribution in [3.8, 4) is 0 Å². The molecule has 0 radical (unpaired) electrons. The van der Waals surface area contributed by atoms with Crippen molar-refractivity contribution in [3.05, 3.63) is 29.6 Å². The third-order valence-corrected chi connectivity index (χ3v) is 5.67. The molecule has 1 aliphatic rings. The Balaban J connectivity index is 1.72. The van der Waals surface area contributed by atoms with Crippen molar-refractivity contribution in [2.75, 3.05) is 36.5 Å². The van der Waals surface area contributed by atoms with E-state index in [4.69, 9.17) is 4.74 Å². The quantitative estimate of drug-likeness (QED) is 0.433. The van der Waals surface area contributed by atoms with Gasteiger partial charge in [-0.05, 0) is 31.4 Å². The average Bonchev–Trinajstić information content (AvgIpc) is 3.43. The Labute approximate surface area is 199 Å². The number of carboxylic acid groups (broad SMARTS) is 1. The van der Waals surface area contributed by atoms with Crippen molar-refractivity contribution in [2.45, 2.75) is 39.4 Å². The second-order valence-electron chi connectivity index (χ2n) is 8.38. The molecular weight excluding hydrogens is 467 g/mol. The lowest BCUT2D eigenvalue weighted by Crippen LogP contribution is -2.25. The maximum absolute atomic E-state index is 12.5. The zero-order valence-electron chi connectivity index (χ0n) is 19.3. The van der Waals surface area contributed by atoms with E-state index in [1.807, 2.05) is 24.8 Å². The molecule has 0 unspecified atom stereocenters. The number of carbonyl (C=O) groups is 1. The van der Waals surface area contributed by atoms with Crippen LogP contribution in [-0.2, 0) is 22.5 Å². The summed E-state index contributed by atoms with van der Waals surface area (Å²) >= 11 is 0. The first kappa shape index (κ1) is 24.6. The Morgan fingerprint density at radius 1 is 1.31 bits per heavy atom. The first-order chi connectivity index (χ1) is 16.6. The summed E-state index contributed by atoms with van der Waals surface area (Å²) < 4.78 is 43.7. The predicted molar refractivity (Wildman–Crippen MR) is 122 cm³/mol. The molecule has 0 bridgehead atoms. The molecule has 35 heavy (non-hydrogen) atoms. The molecule has 3 aromatic rings. The Bertz CT molecular complexity index is 1200. The molecule has 1 aliphatic heterocycles. The summed E-state index contributed by atoms with van der Waals surface area (Å²) in [7, 11) is 0. The molecule has 2 N–H and O–H groups in total. The maximum Gasteiger partial charge on any atom is 0.411 e. The van der Waals surface area contributed by atoms with E-state index in [9.17, 15) is 23.1 Å². The van der Waals surface area contributed by atoms with Gasteiger partial charge >= 0.3 is 12.1 Å². The number of carboxylic acids is 1. The molecule has 0 aliphatic carbocycles. The molecule has 13 heteroatoms. The summed E-state index contributed by atoms with van der Waals surface area (Å²) in [5, 5.41) is 17.1.